The second kappa shape index (κ2) is 20.4. The molecule has 4 heteroatoms. The molecule has 4 nitrogen and oxygen atoms in total. The van der Waals surface area contributed by atoms with E-state index in [4.69, 9.17) is 20.4 Å². The van der Waals surface area contributed by atoms with E-state index in [9.17, 15) is 0 Å². The van der Waals surface area contributed by atoms with Crippen molar-refractivity contribution in [2.75, 3.05) is 0 Å². The number of benzene rings is 1. The lowest BCUT2D eigenvalue weighted by molar-refractivity contribution is 0.562. The van der Waals surface area contributed by atoms with Crippen LogP contribution in [-0.4, -0.2) is 12.2 Å². The van der Waals surface area contributed by atoms with Gasteiger partial charge in [-0.05, 0) is 11.5 Å². The van der Waals surface area contributed by atoms with Gasteiger partial charge in [-0.2, -0.15) is 0 Å². The molecule has 0 saturated carbocycles. The highest BCUT2D eigenvalue weighted by Crippen LogP contribution is 2.11. The van der Waals surface area contributed by atoms with Gasteiger partial charge in [0, 0.05) is 0 Å². The van der Waals surface area contributed by atoms with E-state index in [0.29, 0.717) is 5.92 Å². The van der Waals surface area contributed by atoms with Gasteiger partial charge in [-0.1, -0.05) is 64.4 Å². The fourth-order valence-corrected chi connectivity index (χ4v) is 0.838. The van der Waals surface area contributed by atoms with Gasteiger partial charge in [0.2, 0.25) is 12.2 Å². The number of carbonyl (C=O) groups excluding carboxylic acids is 2. The summed E-state index contributed by atoms with van der Waals surface area (Å²) in [5, 5.41) is 10.8. The zero-order valence-electron chi connectivity index (χ0n) is 11.5. The first-order chi connectivity index (χ1) is 8.55. The zero-order valence-corrected chi connectivity index (χ0v) is 11.5. The monoisotopic (exact) mass is 250 g/mol. The molecule has 0 atom stereocenters. The second-order valence-electron chi connectivity index (χ2n) is 3.48. The van der Waals surface area contributed by atoms with Crippen molar-refractivity contribution in [3.05, 3.63) is 35.9 Å². The van der Waals surface area contributed by atoms with Crippen LogP contribution in [0, 0.1) is 10.8 Å². The summed E-state index contributed by atoms with van der Waals surface area (Å²) in [6.45, 7) is 8.66. The van der Waals surface area contributed by atoms with Crippen LogP contribution in [-0.2, 0) is 9.59 Å². The van der Waals surface area contributed by atoms with Crippen LogP contribution in [0.4, 0.5) is 0 Å². The molecule has 1 aromatic rings. The third-order valence-electron chi connectivity index (χ3n) is 1.47. The van der Waals surface area contributed by atoms with Crippen LogP contribution in [0.15, 0.2) is 30.3 Å². The Balaban J connectivity index is -0.000000210. The van der Waals surface area contributed by atoms with Gasteiger partial charge < -0.3 is 0 Å². The summed E-state index contributed by atoms with van der Waals surface area (Å²) in [6, 6.07) is 10.5. The van der Waals surface area contributed by atoms with Crippen molar-refractivity contribution in [2.24, 2.45) is 0 Å². The SMILES string of the molecule is CC(C)c1ccccc1.CCC.N=C=O.N=C=O. The van der Waals surface area contributed by atoms with E-state index < -0.39 is 0 Å². The maximum absolute atomic E-state index is 8.35. The molecule has 0 saturated heterocycles. The number of isocyanates is 2. The highest BCUT2D eigenvalue weighted by Gasteiger charge is 1.93. The minimum absolute atomic E-state index is 0.659. The van der Waals surface area contributed by atoms with Gasteiger partial charge in [0.15, 0.2) is 0 Å². The topological polar surface area (TPSA) is 81.8 Å². The van der Waals surface area contributed by atoms with Crippen molar-refractivity contribution in [2.45, 2.75) is 40.0 Å². The molecule has 0 fully saturated rings. The van der Waals surface area contributed by atoms with E-state index in [1.807, 2.05) is 6.07 Å². The molecule has 0 spiro atoms. The summed E-state index contributed by atoms with van der Waals surface area (Å²) in [6.07, 6.45) is 2.75. The van der Waals surface area contributed by atoms with Gasteiger partial charge in [0.1, 0.15) is 0 Å². The molecule has 100 valence electrons. The maximum Gasteiger partial charge on any atom is 0.231 e. The van der Waals surface area contributed by atoms with E-state index in [-0.39, 0.29) is 0 Å². The van der Waals surface area contributed by atoms with E-state index in [1.54, 1.807) is 0 Å². The predicted octanol–water partition coefficient (Wildman–Crippen LogP) is 4.03. The first-order valence-corrected chi connectivity index (χ1v) is 5.68. The summed E-state index contributed by atoms with van der Waals surface area (Å²) in [7, 11) is 0. The van der Waals surface area contributed by atoms with Crippen molar-refractivity contribution in [1.82, 2.24) is 0 Å². The Kier molecular flexibility index (Phi) is 24.1. The fraction of sp³-hybridized carbons (Fsp3) is 0.429. The van der Waals surface area contributed by atoms with Crippen molar-refractivity contribution in [3.8, 4) is 0 Å². The molecule has 0 amide bonds. The second-order valence-corrected chi connectivity index (χ2v) is 3.48. The Labute approximate surface area is 109 Å². The van der Waals surface area contributed by atoms with Crippen molar-refractivity contribution < 1.29 is 9.59 Å². The quantitative estimate of drug-likeness (QED) is 0.582. The van der Waals surface area contributed by atoms with Crippen molar-refractivity contribution >= 4 is 12.2 Å². The maximum atomic E-state index is 8.35. The smallest absolute Gasteiger partial charge is 0.222 e. The average molecular weight is 250 g/mol. The fourth-order valence-electron chi connectivity index (χ4n) is 0.838. The van der Waals surface area contributed by atoms with Gasteiger partial charge in [-0.15, -0.1) is 0 Å². The number of nitrogens with one attached hydrogen (secondary N) is 2. The third kappa shape index (κ3) is 23.6. The largest absolute Gasteiger partial charge is 0.231 e. The van der Waals surface area contributed by atoms with Crippen LogP contribution in [0.25, 0.3) is 0 Å². The molecular weight excluding hydrogens is 228 g/mol. The number of hydrogen-bond donors (Lipinski definition) is 2. The minimum Gasteiger partial charge on any atom is -0.222 e. The van der Waals surface area contributed by atoms with E-state index in [2.05, 4.69) is 52.0 Å². The molecule has 1 aromatic carbocycles. The Morgan fingerprint density at radius 3 is 1.44 bits per heavy atom. The van der Waals surface area contributed by atoms with E-state index in [1.165, 1.54) is 12.0 Å². The molecule has 0 unspecified atom stereocenters. The molecule has 0 radical (unpaired) electrons. The van der Waals surface area contributed by atoms with E-state index in [0.717, 1.165) is 12.2 Å². The molecular formula is C14H22N2O2. The average Bonchev–Trinajstić information content (AvgIpc) is 2.33. The predicted molar refractivity (Wildman–Crippen MR) is 73.3 cm³/mol. The molecule has 0 aliphatic rings. The molecule has 0 aromatic heterocycles. The van der Waals surface area contributed by atoms with Crippen LogP contribution < -0.4 is 0 Å². The standard InChI is InChI=1S/C9H12.C3H8.2CHNO/c1-8(2)9-6-4-3-5-7-9;1-3-2;2*2-1-3/h3-8H,1-2H3;3H2,1-2H3;2*2H. The normalized spacial score (nSPS) is 6.94. The summed E-state index contributed by atoms with van der Waals surface area (Å²) in [5.74, 6) is 0.659. The Morgan fingerprint density at radius 1 is 1.00 bits per heavy atom. The lowest BCUT2D eigenvalue weighted by atomic mass is 10.0. The molecule has 0 aliphatic carbocycles. The summed E-state index contributed by atoms with van der Waals surface area (Å²) in [4.78, 5) is 16.7. The Hall–Kier alpha value is -2.02. The molecule has 1 rings (SSSR count). The lowest BCUT2D eigenvalue weighted by Crippen LogP contribution is -1.83. The van der Waals surface area contributed by atoms with Crippen LogP contribution >= 0.6 is 0 Å². The van der Waals surface area contributed by atoms with Gasteiger partial charge in [0.05, 0.1) is 0 Å². The summed E-state index contributed by atoms with van der Waals surface area (Å²) < 4.78 is 0. The molecule has 0 bridgehead atoms. The van der Waals surface area contributed by atoms with Crippen LogP contribution in [0.3, 0.4) is 0 Å². The first kappa shape index (κ1) is 21.3. The Morgan fingerprint density at radius 2 is 1.28 bits per heavy atom. The highest BCUT2D eigenvalue weighted by atomic mass is 16.1. The molecule has 2 N–H and O–H groups in total. The Bertz CT molecular complexity index is 311. The summed E-state index contributed by atoms with van der Waals surface area (Å²) >= 11 is 0. The van der Waals surface area contributed by atoms with E-state index >= 15 is 0 Å². The van der Waals surface area contributed by atoms with Crippen LogP contribution in [0.5, 0.6) is 0 Å². The molecule has 18 heavy (non-hydrogen) atoms. The highest BCUT2D eigenvalue weighted by molar-refractivity contribution is 5.26. The van der Waals surface area contributed by atoms with Crippen molar-refractivity contribution in [3.63, 3.8) is 0 Å². The molecule has 0 heterocycles. The van der Waals surface area contributed by atoms with Gasteiger partial charge >= 0.3 is 0 Å². The van der Waals surface area contributed by atoms with Crippen LogP contribution in [0.1, 0.15) is 45.6 Å². The van der Waals surface area contributed by atoms with Gasteiger partial charge in [-0.3, -0.25) is 0 Å². The third-order valence-corrected chi connectivity index (χ3v) is 1.47. The van der Waals surface area contributed by atoms with Crippen LogP contribution in [0.2, 0.25) is 0 Å². The van der Waals surface area contributed by atoms with Gasteiger partial charge in [-0.25, -0.2) is 20.4 Å². The van der Waals surface area contributed by atoms with Crippen molar-refractivity contribution in [1.29, 1.82) is 10.8 Å². The van der Waals surface area contributed by atoms with Gasteiger partial charge in [0.25, 0.3) is 0 Å². The zero-order chi connectivity index (χ0) is 14.8. The molecule has 0 aliphatic heterocycles. The summed E-state index contributed by atoms with van der Waals surface area (Å²) in [5.41, 5.74) is 1.41. The number of rotatable bonds is 1. The lowest BCUT2D eigenvalue weighted by Gasteiger charge is -2.01. The number of hydrogen-bond acceptors (Lipinski definition) is 4. The first-order valence-electron chi connectivity index (χ1n) is 5.68. The minimum atomic E-state index is 0.659.